The van der Waals surface area contributed by atoms with Crippen molar-refractivity contribution in [3.63, 3.8) is 0 Å². The number of anilines is 1. The quantitative estimate of drug-likeness (QED) is 0.814. The summed E-state index contributed by atoms with van der Waals surface area (Å²) in [5.41, 5.74) is 0.923. The van der Waals surface area contributed by atoms with E-state index in [1.807, 2.05) is 18.2 Å². The summed E-state index contributed by atoms with van der Waals surface area (Å²) in [6.07, 6.45) is 5.21. The molecule has 1 aliphatic heterocycles. The first-order chi connectivity index (χ1) is 11.1. The highest BCUT2D eigenvalue weighted by molar-refractivity contribution is 7.80. The topological polar surface area (TPSA) is 38.7 Å². The van der Waals surface area contributed by atoms with E-state index in [0.29, 0.717) is 17.7 Å². The van der Waals surface area contributed by atoms with Gasteiger partial charge in [-0.3, -0.25) is 0 Å². The van der Waals surface area contributed by atoms with E-state index in [1.165, 1.54) is 25.7 Å². The summed E-state index contributed by atoms with van der Waals surface area (Å²) < 4.78 is 0. The minimum absolute atomic E-state index is 0.359. The number of hydrogen-bond acceptors (Lipinski definition) is 3. The smallest absolute Gasteiger partial charge is 0.169 e. The Morgan fingerprint density at radius 1 is 1.13 bits per heavy atom. The lowest BCUT2D eigenvalue weighted by Crippen LogP contribution is -2.54. The largest absolute Gasteiger partial charge is 0.506 e. The molecule has 1 saturated heterocycles. The highest BCUT2D eigenvalue weighted by Crippen LogP contribution is 2.27. The van der Waals surface area contributed by atoms with E-state index in [-0.39, 0.29) is 0 Å². The van der Waals surface area contributed by atoms with Crippen LogP contribution in [0.2, 0.25) is 0 Å². The first kappa shape index (κ1) is 16.4. The zero-order valence-corrected chi connectivity index (χ0v) is 14.7. The molecule has 1 saturated carbocycles. The molecule has 2 N–H and O–H groups in total. The highest BCUT2D eigenvalue weighted by atomic mass is 32.1. The van der Waals surface area contributed by atoms with E-state index in [4.69, 9.17) is 12.2 Å². The van der Waals surface area contributed by atoms with Crippen molar-refractivity contribution in [1.29, 1.82) is 0 Å². The van der Waals surface area contributed by atoms with Crippen molar-refractivity contribution in [1.82, 2.24) is 10.2 Å². The molecular formula is C18H27N3OS. The van der Waals surface area contributed by atoms with Gasteiger partial charge in [0.2, 0.25) is 0 Å². The number of aromatic hydroxyl groups is 1. The van der Waals surface area contributed by atoms with Gasteiger partial charge in [0.15, 0.2) is 5.11 Å². The van der Waals surface area contributed by atoms with Crippen LogP contribution < -0.4 is 10.2 Å². The molecule has 3 rings (SSSR count). The summed E-state index contributed by atoms with van der Waals surface area (Å²) in [7, 11) is 0. The molecule has 5 heteroatoms. The van der Waals surface area contributed by atoms with E-state index >= 15 is 0 Å². The van der Waals surface area contributed by atoms with Crippen molar-refractivity contribution in [3.8, 4) is 5.75 Å². The van der Waals surface area contributed by atoms with Crippen LogP contribution in [0.15, 0.2) is 24.3 Å². The van der Waals surface area contributed by atoms with Crippen LogP contribution in [0.3, 0.4) is 0 Å². The van der Waals surface area contributed by atoms with Gasteiger partial charge in [-0.15, -0.1) is 0 Å². The van der Waals surface area contributed by atoms with Crippen LogP contribution >= 0.6 is 12.2 Å². The van der Waals surface area contributed by atoms with Gasteiger partial charge in [0.05, 0.1) is 5.69 Å². The SMILES string of the molecule is C[C@@H]1CCCC[C@@H]1NC(=S)N1CCN(c2ccccc2O)CC1. The Balaban J connectivity index is 1.52. The van der Waals surface area contributed by atoms with Crippen LogP contribution in [0.25, 0.3) is 0 Å². The van der Waals surface area contributed by atoms with Gasteiger partial charge in [-0.1, -0.05) is 31.9 Å². The van der Waals surface area contributed by atoms with Crippen molar-refractivity contribution in [3.05, 3.63) is 24.3 Å². The number of phenolic OH excluding ortho intramolecular Hbond substituents is 1. The van der Waals surface area contributed by atoms with Crippen molar-refractivity contribution in [2.75, 3.05) is 31.1 Å². The fourth-order valence-electron chi connectivity index (χ4n) is 3.66. The lowest BCUT2D eigenvalue weighted by Gasteiger charge is -2.39. The molecule has 23 heavy (non-hydrogen) atoms. The van der Waals surface area contributed by atoms with Crippen LogP contribution in [0.4, 0.5) is 5.69 Å². The van der Waals surface area contributed by atoms with E-state index in [0.717, 1.165) is 37.0 Å². The minimum atomic E-state index is 0.359. The monoisotopic (exact) mass is 333 g/mol. The molecule has 2 fully saturated rings. The first-order valence-corrected chi connectivity index (χ1v) is 9.14. The number of para-hydroxylation sites is 2. The Hall–Kier alpha value is -1.49. The third-order valence-corrected chi connectivity index (χ3v) is 5.59. The molecule has 0 aromatic heterocycles. The molecule has 1 aromatic carbocycles. The molecule has 1 aliphatic carbocycles. The predicted molar refractivity (Wildman–Crippen MR) is 99.0 cm³/mol. The molecule has 0 amide bonds. The van der Waals surface area contributed by atoms with E-state index in [1.54, 1.807) is 6.07 Å². The van der Waals surface area contributed by atoms with E-state index < -0.39 is 0 Å². The number of rotatable bonds is 2. The fourth-order valence-corrected chi connectivity index (χ4v) is 4.00. The first-order valence-electron chi connectivity index (χ1n) is 8.73. The third-order valence-electron chi connectivity index (χ3n) is 5.21. The number of hydrogen-bond donors (Lipinski definition) is 2. The molecule has 126 valence electrons. The molecule has 0 radical (unpaired) electrons. The average molecular weight is 334 g/mol. The molecule has 0 spiro atoms. The zero-order valence-electron chi connectivity index (χ0n) is 13.9. The van der Waals surface area contributed by atoms with Crippen LogP contribution in [-0.4, -0.2) is 47.3 Å². The maximum absolute atomic E-state index is 9.99. The number of phenols is 1. The Morgan fingerprint density at radius 2 is 1.83 bits per heavy atom. The molecule has 1 heterocycles. The number of nitrogens with one attached hydrogen (secondary N) is 1. The second-order valence-corrected chi connectivity index (χ2v) is 7.17. The molecule has 0 unspecified atom stereocenters. The Morgan fingerprint density at radius 3 is 2.52 bits per heavy atom. The van der Waals surface area contributed by atoms with Gasteiger partial charge >= 0.3 is 0 Å². The summed E-state index contributed by atoms with van der Waals surface area (Å²) in [6, 6.07) is 8.09. The molecule has 0 bridgehead atoms. The minimum Gasteiger partial charge on any atom is -0.506 e. The molecule has 1 aromatic rings. The summed E-state index contributed by atoms with van der Waals surface area (Å²) in [5.74, 6) is 1.07. The van der Waals surface area contributed by atoms with Crippen molar-refractivity contribution < 1.29 is 5.11 Å². The fraction of sp³-hybridized carbons (Fsp3) is 0.611. The number of thiocarbonyl (C=S) groups is 1. The van der Waals surface area contributed by atoms with Crippen molar-refractivity contribution in [2.45, 2.75) is 38.6 Å². The summed E-state index contributed by atoms with van der Waals surface area (Å²) in [6.45, 7) is 5.91. The molecule has 2 aliphatic rings. The number of piperazine rings is 1. The second-order valence-electron chi connectivity index (χ2n) is 6.78. The molecular weight excluding hydrogens is 306 g/mol. The Kier molecular flexibility index (Phi) is 5.26. The van der Waals surface area contributed by atoms with E-state index in [9.17, 15) is 5.11 Å². The number of nitrogens with zero attached hydrogens (tertiary/aromatic N) is 2. The summed E-state index contributed by atoms with van der Waals surface area (Å²) >= 11 is 5.64. The highest BCUT2D eigenvalue weighted by Gasteiger charge is 2.25. The predicted octanol–water partition coefficient (Wildman–Crippen LogP) is 2.97. The second kappa shape index (κ2) is 7.39. The molecule has 4 nitrogen and oxygen atoms in total. The van der Waals surface area contributed by atoms with Crippen molar-refractivity contribution >= 4 is 23.0 Å². The van der Waals surface area contributed by atoms with Gasteiger partial charge in [0.25, 0.3) is 0 Å². The van der Waals surface area contributed by atoms with Crippen LogP contribution in [0.1, 0.15) is 32.6 Å². The third kappa shape index (κ3) is 3.89. The average Bonchev–Trinajstić information content (AvgIpc) is 2.57. The van der Waals surface area contributed by atoms with Crippen LogP contribution in [0.5, 0.6) is 5.75 Å². The lowest BCUT2D eigenvalue weighted by atomic mass is 9.86. The summed E-state index contributed by atoms with van der Waals surface area (Å²) in [4.78, 5) is 4.50. The van der Waals surface area contributed by atoms with Crippen LogP contribution in [-0.2, 0) is 0 Å². The van der Waals surface area contributed by atoms with Gasteiger partial charge in [-0.25, -0.2) is 0 Å². The van der Waals surface area contributed by atoms with Gasteiger partial charge in [0, 0.05) is 32.2 Å². The molecule has 2 atom stereocenters. The normalized spacial score (nSPS) is 25.3. The van der Waals surface area contributed by atoms with Crippen molar-refractivity contribution in [2.24, 2.45) is 5.92 Å². The summed E-state index contributed by atoms with van der Waals surface area (Å²) in [5, 5.41) is 14.5. The van der Waals surface area contributed by atoms with E-state index in [2.05, 4.69) is 22.0 Å². The zero-order chi connectivity index (χ0) is 16.2. The maximum Gasteiger partial charge on any atom is 0.169 e. The standard InChI is InChI=1S/C18H27N3OS/c1-14-6-2-3-7-15(14)19-18(23)21-12-10-20(11-13-21)16-8-4-5-9-17(16)22/h4-5,8-9,14-15,22H,2-3,6-7,10-13H2,1H3,(H,19,23)/t14-,15+/m1/s1. The Labute approximate surface area is 144 Å². The van der Waals surface area contributed by atoms with Crippen LogP contribution in [0, 0.1) is 5.92 Å². The van der Waals surface area contributed by atoms with Gasteiger partial charge in [0.1, 0.15) is 5.75 Å². The van der Waals surface area contributed by atoms with Gasteiger partial charge in [-0.2, -0.15) is 0 Å². The van der Waals surface area contributed by atoms with Gasteiger partial charge in [-0.05, 0) is 43.1 Å². The van der Waals surface area contributed by atoms with Gasteiger partial charge < -0.3 is 20.2 Å². The lowest BCUT2D eigenvalue weighted by molar-refractivity contribution is 0.293. The maximum atomic E-state index is 9.99. The Bertz CT molecular complexity index is 543. The number of benzene rings is 1.